The first-order valence-corrected chi connectivity index (χ1v) is 3.27. The summed E-state index contributed by atoms with van der Waals surface area (Å²) in [5.74, 6) is 0.143. The Morgan fingerprint density at radius 1 is 1.67 bits per heavy atom. The molecule has 1 N–H and O–H groups in total. The van der Waals surface area contributed by atoms with E-state index in [0.29, 0.717) is 12.5 Å². The van der Waals surface area contributed by atoms with E-state index >= 15 is 0 Å². The van der Waals surface area contributed by atoms with Crippen LogP contribution in [0.2, 0.25) is 0 Å². The van der Waals surface area contributed by atoms with Gasteiger partial charge in [0.15, 0.2) is 0 Å². The van der Waals surface area contributed by atoms with Gasteiger partial charge in [-0.3, -0.25) is 4.79 Å². The third kappa shape index (κ3) is 0.721. The van der Waals surface area contributed by atoms with Crippen LogP contribution < -0.4 is 5.32 Å². The molecule has 2 heterocycles. The molecule has 50 valence electrons. The number of fused-ring (bicyclic) bond motifs is 1. The van der Waals surface area contributed by atoms with Crippen LogP contribution in [0.4, 0.5) is 0 Å². The summed E-state index contributed by atoms with van der Waals surface area (Å²) in [4.78, 5) is 10.7. The minimum absolute atomic E-state index is 0.143. The molecule has 3 nitrogen and oxygen atoms in total. The van der Waals surface area contributed by atoms with Gasteiger partial charge in [-0.1, -0.05) is 0 Å². The highest BCUT2D eigenvalue weighted by molar-refractivity contribution is 5.79. The van der Waals surface area contributed by atoms with Crippen LogP contribution in [0.25, 0.3) is 0 Å². The van der Waals surface area contributed by atoms with Crippen molar-refractivity contribution in [3.63, 3.8) is 0 Å². The molecule has 0 aromatic rings. The second-order valence-electron chi connectivity index (χ2n) is 2.58. The van der Waals surface area contributed by atoms with Crippen LogP contribution in [0.3, 0.4) is 0 Å². The molecule has 2 rings (SSSR count). The van der Waals surface area contributed by atoms with Crippen LogP contribution in [0.15, 0.2) is 0 Å². The standard InChI is InChI=1S/C6H9NO2/c8-6-3-5-4(7-6)1-2-9-5/h4-5H,1-3H2,(H,7,8). The Morgan fingerprint density at radius 3 is 3.33 bits per heavy atom. The van der Waals surface area contributed by atoms with E-state index in [1.807, 2.05) is 0 Å². The number of hydrogen-bond acceptors (Lipinski definition) is 2. The summed E-state index contributed by atoms with van der Waals surface area (Å²) in [5.41, 5.74) is 0. The number of hydrogen-bond donors (Lipinski definition) is 1. The molecule has 2 fully saturated rings. The molecule has 0 spiro atoms. The number of carbonyl (C=O) groups excluding carboxylic acids is 1. The largest absolute Gasteiger partial charge is 0.375 e. The van der Waals surface area contributed by atoms with Crippen molar-refractivity contribution in [3.8, 4) is 0 Å². The minimum Gasteiger partial charge on any atom is -0.375 e. The number of rotatable bonds is 0. The van der Waals surface area contributed by atoms with Gasteiger partial charge in [0.25, 0.3) is 0 Å². The highest BCUT2D eigenvalue weighted by Crippen LogP contribution is 2.21. The molecule has 0 radical (unpaired) electrons. The topological polar surface area (TPSA) is 38.3 Å². The zero-order chi connectivity index (χ0) is 6.27. The zero-order valence-electron chi connectivity index (χ0n) is 5.09. The highest BCUT2D eigenvalue weighted by atomic mass is 16.5. The van der Waals surface area contributed by atoms with Crippen LogP contribution in [0.1, 0.15) is 12.8 Å². The van der Waals surface area contributed by atoms with E-state index in [9.17, 15) is 4.79 Å². The van der Waals surface area contributed by atoms with Crippen molar-refractivity contribution in [1.29, 1.82) is 0 Å². The lowest BCUT2D eigenvalue weighted by Gasteiger charge is -2.03. The molecule has 2 saturated heterocycles. The predicted molar refractivity (Wildman–Crippen MR) is 30.9 cm³/mol. The fraction of sp³-hybridized carbons (Fsp3) is 0.833. The van der Waals surface area contributed by atoms with E-state index in [-0.39, 0.29) is 12.0 Å². The SMILES string of the molecule is O=C1CC2OCCC2N1. The molecule has 2 aliphatic heterocycles. The normalized spacial score (nSPS) is 40.7. The summed E-state index contributed by atoms with van der Waals surface area (Å²) in [6.07, 6.45) is 1.76. The monoisotopic (exact) mass is 127 g/mol. The maximum Gasteiger partial charge on any atom is 0.223 e. The van der Waals surface area contributed by atoms with E-state index in [4.69, 9.17) is 4.74 Å². The highest BCUT2D eigenvalue weighted by Gasteiger charge is 2.36. The summed E-state index contributed by atoms with van der Waals surface area (Å²) in [6.45, 7) is 0.815. The number of ether oxygens (including phenoxy) is 1. The Balaban J connectivity index is 2.09. The molecule has 1 amide bonds. The van der Waals surface area contributed by atoms with Crippen molar-refractivity contribution < 1.29 is 9.53 Å². The van der Waals surface area contributed by atoms with E-state index in [1.165, 1.54) is 0 Å². The lowest BCUT2D eigenvalue weighted by molar-refractivity contribution is -0.120. The van der Waals surface area contributed by atoms with Crippen molar-refractivity contribution in [2.75, 3.05) is 6.61 Å². The van der Waals surface area contributed by atoms with Gasteiger partial charge in [-0.2, -0.15) is 0 Å². The number of nitrogens with one attached hydrogen (secondary N) is 1. The molecule has 0 aromatic carbocycles. The maximum absolute atomic E-state index is 10.7. The van der Waals surface area contributed by atoms with Gasteiger partial charge < -0.3 is 10.1 Å². The van der Waals surface area contributed by atoms with Crippen molar-refractivity contribution in [2.24, 2.45) is 0 Å². The summed E-state index contributed by atoms with van der Waals surface area (Å²) >= 11 is 0. The molecular weight excluding hydrogens is 118 g/mol. The molecule has 3 heteroatoms. The average Bonchev–Trinajstić information content (AvgIpc) is 2.22. The smallest absolute Gasteiger partial charge is 0.223 e. The first-order valence-electron chi connectivity index (χ1n) is 3.27. The van der Waals surface area contributed by atoms with Gasteiger partial charge in [0, 0.05) is 6.61 Å². The first-order chi connectivity index (χ1) is 4.36. The van der Waals surface area contributed by atoms with Crippen molar-refractivity contribution in [3.05, 3.63) is 0 Å². The van der Waals surface area contributed by atoms with Gasteiger partial charge in [-0.15, -0.1) is 0 Å². The van der Waals surface area contributed by atoms with Gasteiger partial charge >= 0.3 is 0 Å². The molecule has 2 unspecified atom stereocenters. The van der Waals surface area contributed by atoms with Crippen LogP contribution in [0, 0.1) is 0 Å². The molecular formula is C6H9NO2. The third-order valence-electron chi connectivity index (χ3n) is 1.94. The Bertz CT molecular complexity index is 132. The molecule has 0 aliphatic carbocycles. The maximum atomic E-state index is 10.7. The fourth-order valence-corrected chi connectivity index (χ4v) is 1.46. The molecule has 0 aromatic heterocycles. The Hall–Kier alpha value is -0.570. The lowest BCUT2D eigenvalue weighted by atomic mass is 10.2. The third-order valence-corrected chi connectivity index (χ3v) is 1.94. The Labute approximate surface area is 53.4 Å². The van der Waals surface area contributed by atoms with Crippen LogP contribution in [-0.4, -0.2) is 24.7 Å². The van der Waals surface area contributed by atoms with E-state index in [2.05, 4.69) is 5.32 Å². The first kappa shape index (κ1) is 5.23. The molecule has 0 saturated carbocycles. The summed E-state index contributed by atoms with van der Waals surface area (Å²) < 4.78 is 5.26. The predicted octanol–water partition coefficient (Wildman–Crippen LogP) is -0.336. The Kier molecular flexibility index (Phi) is 0.990. The summed E-state index contributed by atoms with van der Waals surface area (Å²) in [7, 11) is 0. The van der Waals surface area contributed by atoms with Crippen LogP contribution in [-0.2, 0) is 9.53 Å². The lowest BCUT2D eigenvalue weighted by Crippen LogP contribution is -2.27. The second kappa shape index (κ2) is 1.70. The van der Waals surface area contributed by atoms with Gasteiger partial charge in [-0.05, 0) is 6.42 Å². The van der Waals surface area contributed by atoms with Gasteiger partial charge in [0.2, 0.25) is 5.91 Å². The average molecular weight is 127 g/mol. The van der Waals surface area contributed by atoms with Crippen LogP contribution >= 0.6 is 0 Å². The van der Waals surface area contributed by atoms with E-state index in [0.717, 1.165) is 13.0 Å². The van der Waals surface area contributed by atoms with Gasteiger partial charge in [-0.25, -0.2) is 0 Å². The zero-order valence-corrected chi connectivity index (χ0v) is 5.09. The van der Waals surface area contributed by atoms with Gasteiger partial charge in [0.1, 0.15) is 0 Å². The quantitative estimate of drug-likeness (QED) is 0.483. The van der Waals surface area contributed by atoms with Crippen molar-refractivity contribution in [2.45, 2.75) is 25.0 Å². The molecule has 9 heavy (non-hydrogen) atoms. The van der Waals surface area contributed by atoms with E-state index < -0.39 is 0 Å². The molecule has 2 aliphatic rings. The second-order valence-corrected chi connectivity index (χ2v) is 2.58. The van der Waals surface area contributed by atoms with Crippen molar-refractivity contribution in [1.82, 2.24) is 5.32 Å². The van der Waals surface area contributed by atoms with Crippen LogP contribution in [0.5, 0.6) is 0 Å². The molecule has 2 atom stereocenters. The fourth-order valence-electron chi connectivity index (χ4n) is 1.46. The molecule has 0 bridgehead atoms. The number of carbonyl (C=O) groups is 1. The van der Waals surface area contributed by atoms with Gasteiger partial charge in [0.05, 0.1) is 18.6 Å². The summed E-state index contributed by atoms with van der Waals surface area (Å²) in [5, 5.41) is 2.85. The van der Waals surface area contributed by atoms with Crippen molar-refractivity contribution >= 4 is 5.91 Å². The Morgan fingerprint density at radius 2 is 2.56 bits per heavy atom. The van der Waals surface area contributed by atoms with E-state index in [1.54, 1.807) is 0 Å². The number of amides is 1. The summed E-state index contributed by atoms with van der Waals surface area (Å²) in [6, 6.07) is 0.331. The minimum atomic E-state index is 0.143.